The minimum Gasteiger partial charge on any atom is -0.369 e. The van der Waals surface area contributed by atoms with E-state index in [4.69, 9.17) is 0 Å². The second-order valence-corrected chi connectivity index (χ2v) is 8.36. The average molecular weight is 329 g/mol. The normalized spacial score (nSPS) is 20.4. The number of thioether (sulfide) groups is 1. The first kappa shape index (κ1) is 16.6. The number of sulfonamides is 1. The van der Waals surface area contributed by atoms with Gasteiger partial charge in [0.25, 0.3) is 0 Å². The molecule has 1 N–H and O–H groups in total. The molecule has 2 heterocycles. The Morgan fingerprint density at radius 3 is 3.00 bits per heavy atom. The minimum absolute atomic E-state index is 0.292. The number of aromatic nitrogens is 1. The molecule has 0 saturated carbocycles. The molecule has 0 radical (unpaired) electrons. The number of nitrogens with one attached hydrogen (secondary N) is 1. The third-order valence-electron chi connectivity index (χ3n) is 3.49. The number of anilines is 1. The molecular weight excluding hydrogens is 306 g/mol. The molecule has 1 unspecified atom stereocenters. The Bertz CT molecular complexity index is 563. The average Bonchev–Trinajstić information content (AvgIpc) is 2.53. The highest BCUT2D eigenvalue weighted by Gasteiger charge is 2.31. The molecule has 2 rings (SSSR count). The van der Waals surface area contributed by atoms with Crippen molar-refractivity contribution in [2.45, 2.75) is 36.8 Å². The molecule has 1 aromatic heterocycles. The van der Waals surface area contributed by atoms with Crippen LogP contribution in [0.3, 0.4) is 0 Å². The smallest absolute Gasteiger partial charge is 0.246 e. The summed E-state index contributed by atoms with van der Waals surface area (Å²) in [6.45, 7) is 6.02. The zero-order chi connectivity index (χ0) is 15.3. The third kappa shape index (κ3) is 3.90. The van der Waals surface area contributed by atoms with Crippen molar-refractivity contribution in [1.29, 1.82) is 0 Å². The van der Waals surface area contributed by atoms with Gasteiger partial charge in [0.05, 0.1) is 0 Å². The molecule has 21 heavy (non-hydrogen) atoms. The summed E-state index contributed by atoms with van der Waals surface area (Å²) < 4.78 is 27.3. The summed E-state index contributed by atoms with van der Waals surface area (Å²) in [5, 5.41) is 3.50. The molecule has 1 aliphatic rings. The molecule has 5 nitrogen and oxygen atoms in total. The SMILES string of the molecule is CCCNc1ncccc1S(=O)(=O)N1CCSC(CC)C1. The summed E-state index contributed by atoms with van der Waals surface area (Å²) in [5.41, 5.74) is 0. The topological polar surface area (TPSA) is 62.3 Å². The second kappa shape index (κ2) is 7.47. The molecule has 1 aliphatic heterocycles. The molecule has 0 aliphatic carbocycles. The van der Waals surface area contributed by atoms with Crippen molar-refractivity contribution in [2.75, 3.05) is 30.7 Å². The highest BCUT2D eigenvalue weighted by atomic mass is 32.2. The zero-order valence-corrected chi connectivity index (χ0v) is 14.2. The van der Waals surface area contributed by atoms with Crippen molar-refractivity contribution in [3.8, 4) is 0 Å². The van der Waals surface area contributed by atoms with E-state index in [0.29, 0.717) is 35.6 Å². The molecule has 0 amide bonds. The predicted molar refractivity (Wildman–Crippen MR) is 88.3 cm³/mol. The molecule has 0 spiro atoms. The van der Waals surface area contributed by atoms with E-state index in [-0.39, 0.29) is 0 Å². The lowest BCUT2D eigenvalue weighted by molar-refractivity contribution is 0.416. The Morgan fingerprint density at radius 2 is 2.29 bits per heavy atom. The largest absolute Gasteiger partial charge is 0.369 e. The first-order chi connectivity index (χ1) is 10.1. The fraction of sp³-hybridized carbons (Fsp3) is 0.643. The van der Waals surface area contributed by atoms with Crippen LogP contribution in [0, 0.1) is 0 Å². The van der Waals surface area contributed by atoms with Gasteiger partial charge in [-0.3, -0.25) is 0 Å². The van der Waals surface area contributed by atoms with Gasteiger partial charge in [-0.05, 0) is 25.0 Å². The van der Waals surface area contributed by atoms with Crippen molar-refractivity contribution in [1.82, 2.24) is 9.29 Å². The van der Waals surface area contributed by atoms with Gasteiger partial charge in [-0.1, -0.05) is 13.8 Å². The zero-order valence-electron chi connectivity index (χ0n) is 12.6. The first-order valence-corrected chi connectivity index (χ1v) is 9.89. The third-order valence-corrected chi connectivity index (χ3v) is 6.76. The van der Waals surface area contributed by atoms with Crippen LogP contribution in [-0.4, -0.2) is 48.3 Å². The van der Waals surface area contributed by atoms with Crippen molar-refractivity contribution in [3.63, 3.8) is 0 Å². The maximum absolute atomic E-state index is 12.9. The highest BCUT2D eigenvalue weighted by molar-refractivity contribution is 8.00. The molecule has 1 atom stereocenters. The lowest BCUT2D eigenvalue weighted by Crippen LogP contribution is -2.41. The Hall–Kier alpha value is -0.790. The Labute approximate surface area is 131 Å². The molecule has 1 aromatic rings. The molecule has 7 heteroatoms. The van der Waals surface area contributed by atoms with Crippen LogP contribution < -0.4 is 5.32 Å². The Kier molecular flexibility index (Phi) is 5.89. The van der Waals surface area contributed by atoms with Crippen LogP contribution in [-0.2, 0) is 10.0 Å². The van der Waals surface area contributed by atoms with E-state index in [1.165, 1.54) is 0 Å². The van der Waals surface area contributed by atoms with Gasteiger partial charge < -0.3 is 5.32 Å². The van der Waals surface area contributed by atoms with Crippen LogP contribution in [0.15, 0.2) is 23.2 Å². The van der Waals surface area contributed by atoms with Gasteiger partial charge in [-0.25, -0.2) is 13.4 Å². The quantitative estimate of drug-likeness (QED) is 0.868. The highest BCUT2D eigenvalue weighted by Crippen LogP contribution is 2.28. The molecule has 0 bridgehead atoms. The number of rotatable bonds is 6. The van der Waals surface area contributed by atoms with Crippen molar-refractivity contribution < 1.29 is 8.42 Å². The van der Waals surface area contributed by atoms with Crippen molar-refractivity contribution in [3.05, 3.63) is 18.3 Å². The molecule has 1 fully saturated rings. The number of nitrogens with zero attached hydrogens (tertiary/aromatic N) is 2. The van der Waals surface area contributed by atoms with Crippen LogP contribution in [0.5, 0.6) is 0 Å². The van der Waals surface area contributed by atoms with Crippen LogP contribution in [0.25, 0.3) is 0 Å². The maximum atomic E-state index is 12.9. The molecule has 118 valence electrons. The van der Waals surface area contributed by atoms with Gasteiger partial charge in [0.1, 0.15) is 10.7 Å². The van der Waals surface area contributed by atoms with Gasteiger partial charge in [0.15, 0.2) is 0 Å². The summed E-state index contributed by atoms with van der Waals surface area (Å²) in [6.07, 6.45) is 3.54. The van der Waals surface area contributed by atoms with E-state index in [0.717, 1.165) is 18.6 Å². The van der Waals surface area contributed by atoms with E-state index < -0.39 is 10.0 Å². The minimum atomic E-state index is -3.47. The van der Waals surface area contributed by atoms with E-state index in [1.54, 1.807) is 22.6 Å². The summed E-state index contributed by atoms with van der Waals surface area (Å²) in [5.74, 6) is 1.32. The molecule has 1 saturated heterocycles. The van der Waals surface area contributed by atoms with Gasteiger partial charge in [0, 0.05) is 36.8 Å². The monoisotopic (exact) mass is 329 g/mol. The Balaban J connectivity index is 2.26. The fourth-order valence-electron chi connectivity index (χ4n) is 2.27. The molecular formula is C14H23N3O2S2. The van der Waals surface area contributed by atoms with Crippen LogP contribution >= 0.6 is 11.8 Å². The van der Waals surface area contributed by atoms with Crippen LogP contribution in [0.1, 0.15) is 26.7 Å². The van der Waals surface area contributed by atoms with Crippen molar-refractivity contribution >= 4 is 27.6 Å². The number of hydrogen-bond donors (Lipinski definition) is 1. The number of hydrogen-bond acceptors (Lipinski definition) is 5. The van der Waals surface area contributed by atoms with Crippen LogP contribution in [0.2, 0.25) is 0 Å². The summed E-state index contributed by atoms with van der Waals surface area (Å²) in [7, 11) is -3.47. The first-order valence-electron chi connectivity index (χ1n) is 7.40. The van der Waals surface area contributed by atoms with Crippen molar-refractivity contribution in [2.24, 2.45) is 0 Å². The van der Waals surface area contributed by atoms with E-state index in [1.807, 2.05) is 18.7 Å². The molecule has 0 aromatic carbocycles. The summed E-state index contributed by atoms with van der Waals surface area (Å²) in [4.78, 5) is 4.49. The number of pyridine rings is 1. The lowest BCUT2D eigenvalue weighted by Gasteiger charge is -2.31. The van der Waals surface area contributed by atoms with Gasteiger partial charge in [0.2, 0.25) is 10.0 Å². The van der Waals surface area contributed by atoms with E-state index in [9.17, 15) is 8.42 Å². The maximum Gasteiger partial charge on any atom is 0.246 e. The van der Waals surface area contributed by atoms with Gasteiger partial charge >= 0.3 is 0 Å². The van der Waals surface area contributed by atoms with Gasteiger partial charge in [-0.15, -0.1) is 0 Å². The summed E-state index contributed by atoms with van der Waals surface area (Å²) >= 11 is 1.86. The predicted octanol–water partition coefficient (Wildman–Crippen LogP) is 2.42. The standard InChI is InChI=1S/C14H23N3O2S2/c1-3-7-15-14-13(6-5-8-16-14)21(18,19)17-9-10-20-12(4-2)11-17/h5-6,8,12H,3-4,7,9-11H2,1-2H3,(H,15,16). The van der Waals surface area contributed by atoms with E-state index >= 15 is 0 Å². The Morgan fingerprint density at radius 1 is 1.48 bits per heavy atom. The lowest BCUT2D eigenvalue weighted by atomic mass is 10.3. The second-order valence-electron chi connectivity index (χ2n) is 5.04. The van der Waals surface area contributed by atoms with E-state index in [2.05, 4.69) is 17.2 Å². The summed E-state index contributed by atoms with van der Waals surface area (Å²) in [6, 6.07) is 3.32. The fourth-order valence-corrected chi connectivity index (χ4v) is 5.27. The van der Waals surface area contributed by atoms with Crippen LogP contribution in [0.4, 0.5) is 5.82 Å². The van der Waals surface area contributed by atoms with Gasteiger partial charge in [-0.2, -0.15) is 16.1 Å².